The summed E-state index contributed by atoms with van der Waals surface area (Å²) >= 11 is 6.00. The van der Waals surface area contributed by atoms with Crippen LogP contribution in [0, 0.1) is 6.92 Å². The minimum absolute atomic E-state index is 0.230. The molecule has 4 nitrogen and oxygen atoms in total. The van der Waals surface area contributed by atoms with Crippen LogP contribution < -0.4 is 4.72 Å². The van der Waals surface area contributed by atoms with Gasteiger partial charge in [0, 0.05) is 11.5 Å². The molecule has 0 saturated heterocycles. The molecule has 0 amide bonds. The van der Waals surface area contributed by atoms with E-state index in [-0.39, 0.29) is 10.8 Å². The van der Waals surface area contributed by atoms with Gasteiger partial charge in [-0.15, -0.1) is 11.3 Å². The van der Waals surface area contributed by atoms with Crippen molar-refractivity contribution >= 4 is 49.1 Å². The van der Waals surface area contributed by atoms with Crippen LogP contribution in [0.1, 0.15) is 11.1 Å². The normalized spacial score (nSPS) is 13.2. The Bertz CT molecular complexity index is 746. The van der Waals surface area contributed by atoms with E-state index in [9.17, 15) is 13.5 Å². The summed E-state index contributed by atoms with van der Waals surface area (Å²) in [5.41, 5.74) is 2.39. The number of aliphatic hydroxyl groups is 1. The molecule has 0 aliphatic carbocycles. The summed E-state index contributed by atoms with van der Waals surface area (Å²) in [4.78, 5) is 0. The molecule has 0 unspecified atom stereocenters. The molecule has 1 aromatic heterocycles. The maximum Gasteiger partial charge on any atom is 0.250 e. The molecule has 0 saturated carbocycles. The Balaban J connectivity index is 1.90. The van der Waals surface area contributed by atoms with Gasteiger partial charge in [-0.1, -0.05) is 29.8 Å². The number of halogens is 1. The van der Waals surface area contributed by atoms with Crippen LogP contribution >= 0.6 is 39.0 Å². The van der Waals surface area contributed by atoms with E-state index in [2.05, 4.69) is 26.7 Å². The average Bonchev–Trinajstić information content (AvgIpc) is 2.94. The Hall–Kier alpha value is -0.380. The first-order valence-electron chi connectivity index (χ1n) is 6.92. The number of hydrogen-bond donors (Lipinski definition) is 2. The molecule has 1 aromatic carbocycles. The lowest BCUT2D eigenvalue weighted by molar-refractivity contribution is 0.267. The average molecular weight is 436 g/mol. The fourth-order valence-electron chi connectivity index (χ4n) is 1.96. The third-order valence-electron chi connectivity index (χ3n) is 3.03. The van der Waals surface area contributed by atoms with Crippen LogP contribution in [0.4, 0.5) is 0 Å². The van der Waals surface area contributed by atoms with Gasteiger partial charge in [0.2, 0.25) is 10.0 Å². The van der Waals surface area contributed by atoms with E-state index in [1.54, 1.807) is 23.9 Å². The summed E-state index contributed by atoms with van der Waals surface area (Å²) in [5, 5.41) is 9.44. The van der Waals surface area contributed by atoms with Gasteiger partial charge in [0.05, 0.1) is 16.4 Å². The van der Waals surface area contributed by atoms with Gasteiger partial charge in [-0.25, -0.2) is 13.1 Å². The van der Waals surface area contributed by atoms with E-state index in [1.807, 2.05) is 25.1 Å². The Kier molecular flexibility index (Phi) is 7.12. The largest absolute Gasteiger partial charge is 0.395 e. The summed E-state index contributed by atoms with van der Waals surface area (Å²) in [7, 11) is -3.59. The molecule has 0 radical (unpaired) electrons. The van der Waals surface area contributed by atoms with Gasteiger partial charge in [0.25, 0.3) is 0 Å². The Labute approximate surface area is 153 Å². The van der Waals surface area contributed by atoms with Crippen LogP contribution in [0.15, 0.2) is 44.4 Å². The summed E-state index contributed by atoms with van der Waals surface area (Å²) in [6.07, 6.45) is 0. The van der Waals surface area contributed by atoms with Gasteiger partial charge < -0.3 is 5.11 Å². The number of aliphatic hydroxyl groups excluding tert-OH is 1. The molecule has 0 aliphatic heterocycles. The van der Waals surface area contributed by atoms with Crippen molar-refractivity contribution in [1.82, 2.24) is 4.72 Å². The third kappa shape index (κ3) is 5.88. The van der Waals surface area contributed by atoms with Crippen molar-refractivity contribution in [1.29, 1.82) is 0 Å². The van der Waals surface area contributed by atoms with Crippen molar-refractivity contribution in [3.05, 3.63) is 51.3 Å². The number of hydrogen-bond acceptors (Lipinski definition) is 5. The molecule has 1 atom stereocenters. The first-order valence-corrected chi connectivity index (χ1v) is 11.2. The fourth-order valence-corrected chi connectivity index (χ4v) is 6.33. The van der Waals surface area contributed by atoms with Gasteiger partial charge >= 0.3 is 0 Å². The molecular formula is C15H18BrNO3S3. The molecule has 23 heavy (non-hydrogen) atoms. The summed E-state index contributed by atoms with van der Waals surface area (Å²) < 4.78 is 28.1. The van der Waals surface area contributed by atoms with Crippen LogP contribution in [0.2, 0.25) is 0 Å². The number of sulfonamides is 1. The zero-order valence-electron chi connectivity index (χ0n) is 12.5. The third-order valence-corrected chi connectivity index (χ3v) is 7.84. The molecule has 2 N–H and O–H groups in total. The van der Waals surface area contributed by atoms with Crippen LogP contribution in [0.3, 0.4) is 0 Å². The van der Waals surface area contributed by atoms with Crippen molar-refractivity contribution in [3.63, 3.8) is 0 Å². The minimum Gasteiger partial charge on any atom is -0.395 e. The predicted octanol–water partition coefficient (Wildman–Crippen LogP) is 3.39. The van der Waals surface area contributed by atoms with E-state index in [1.165, 1.54) is 11.1 Å². The number of thioether (sulfide) groups is 1. The molecule has 8 heteroatoms. The number of benzene rings is 1. The highest BCUT2D eigenvalue weighted by atomic mass is 79.9. The molecule has 1 heterocycles. The lowest BCUT2D eigenvalue weighted by Gasteiger charge is -2.15. The maximum absolute atomic E-state index is 12.3. The van der Waals surface area contributed by atoms with E-state index in [0.29, 0.717) is 5.75 Å². The lowest BCUT2D eigenvalue weighted by Crippen LogP contribution is -2.39. The fraction of sp³-hybridized carbons (Fsp3) is 0.333. The molecule has 0 bridgehead atoms. The van der Waals surface area contributed by atoms with Crippen molar-refractivity contribution in [2.24, 2.45) is 0 Å². The highest BCUT2D eigenvalue weighted by Crippen LogP contribution is 2.26. The summed E-state index contributed by atoms with van der Waals surface area (Å²) in [5.74, 6) is 1.29. The molecule has 2 rings (SSSR count). The molecule has 0 fully saturated rings. The van der Waals surface area contributed by atoms with Gasteiger partial charge in [0.1, 0.15) is 4.21 Å². The molecule has 0 spiro atoms. The molecule has 0 aliphatic rings. The van der Waals surface area contributed by atoms with Crippen molar-refractivity contribution in [2.75, 3.05) is 12.4 Å². The van der Waals surface area contributed by atoms with Crippen LogP contribution in [-0.2, 0) is 15.8 Å². The smallest absolute Gasteiger partial charge is 0.250 e. The first-order chi connectivity index (χ1) is 10.9. The standard InChI is InChI=1S/C15H18BrNO3S3/c1-11-3-2-4-12(7-11)9-21-10-13(8-18)17-23(19,20)15-6-5-14(16)22-15/h2-7,13,17-18H,8-10H2,1H3/t13-/m1/s1. The Morgan fingerprint density at radius 3 is 2.74 bits per heavy atom. The van der Waals surface area contributed by atoms with Crippen molar-refractivity contribution in [3.8, 4) is 0 Å². The highest BCUT2D eigenvalue weighted by molar-refractivity contribution is 9.11. The van der Waals surface area contributed by atoms with Gasteiger partial charge in [-0.05, 0) is 40.5 Å². The van der Waals surface area contributed by atoms with Crippen LogP contribution in [-0.4, -0.2) is 31.9 Å². The molecular weight excluding hydrogens is 418 g/mol. The highest BCUT2D eigenvalue weighted by Gasteiger charge is 2.21. The van der Waals surface area contributed by atoms with Crippen LogP contribution in [0.25, 0.3) is 0 Å². The topological polar surface area (TPSA) is 66.4 Å². The molecule has 126 valence electrons. The number of rotatable bonds is 8. The zero-order chi connectivity index (χ0) is 16.9. The monoisotopic (exact) mass is 435 g/mol. The second-order valence-corrected chi connectivity index (χ2v) is 10.5. The Morgan fingerprint density at radius 1 is 1.35 bits per heavy atom. The van der Waals surface area contributed by atoms with Gasteiger partial charge in [-0.3, -0.25) is 0 Å². The second-order valence-electron chi connectivity index (χ2n) is 5.06. The van der Waals surface area contributed by atoms with E-state index in [0.717, 1.165) is 20.9 Å². The van der Waals surface area contributed by atoms with Crippen molar-refractivity contribution in [2.45, 2.75) is 22.9 Å². The van der Waals surface area contributed by atoms with Gasteiger partial charge in [-0.2, -0.15) is 11.8 Å². The Morgan fingerprint density at radius 2 is 2.13 bits per heavy atom. The quantitative estimate of drug-likeness (QED) is 0.666. The van der Waals surface area contributed by atoms with Crippen LogP contribution in [0.5, 0.6) is 0 Å². The van der Waals surface area contributed by atoms with E-state index >= 15 is 0 Å². The lowest BCUT2D eigenvalue weighted by atomic mass is 10.2. The predicted molar refractivity (Wildman–Crippen MR) is 101 cm³/mol. The van der Waals surface area contributed by atoms with E-state index < -0.39 is 16.1 Å². The molecule has 2 aromatic rings. The minimum atomic E-state index is -3.59. The maximum atomic E-state index is 12.3. The number of aryl methyl sites for hydroxylation is 1. The zero-order valence-corrected chi connectivity index (χ0v) is 16.6. The number of nitrogens with one attached hydrogen (secondary N) is 1. The van der Waals surface area contributed by atoms with Gasteiger partial charge in [0.15, 0.2) is 0 Å². The number of thiophene rings is 1. The first kappa shape index (κ1) is 19.0. The summed E-state index contributed by atoms with van der Waals surface area (Å²) in [6.45, 7) is 1.81. The second kappa shape index (κ2) is 8.64. The SMILES string of the molecule is Cc1cccc(CSC[C@@H](CO)NS(=O)(=O)c2ccc(Br)s2)c1. The van der Waals surface area contributed by atoms with Crippen molar-refractivity contribution < 1.29 is 13.5 Å². The van der Waals surface area contributed by atoms with E-state index in [4.69, 9.17) is 0 Å². The summed E-state index contributed by atoms with van der Waals surface area (Å²) in [6, 6.07) is 10.9.